The molecule has 0 radical (unpaired) electrons. The van der Waals surface area contributed by atoms with Gasteiger partial charge in [0.05, 0.1) is 5.69 Å². The average molecular weight is 500 g/mol. The number of likely N-dealkylation sites (N-methyl/N-ethyl adjacent to an activating group) is 1. The van der Waals surface area contributed by atoms with E-state index in [4.69, 9.17) is 4.52 Å². The van der Waals surface area contributed by atoms with Crippen LogP contribution in [0, 0.1) is 0 Å². The van der Waals surface area contributed by atoms with Crippen molar-refractivity contribution in [2.45, 2.75) is 12.7 Å². The van der Waals surface area contributed by atoms with Gasteiger partial charge < -0.3 is 19.6 Å². The Hall–Kier alpha value is -0.920. The minimum Gasteiger partial charge on any atom is -0.364 e. The Kier molecular flexibility index (Phi) is 9.82. The fourth-order valence-electron chi connectivity index (χ4n) is 2.62. The molecule has 0 aromatic carbocycles. The standard InChI is InChI=1S/C15H28N6O3S.HI/c1-4-19(3)7-6-17-15(16-2)20-8-10-21(11-9-20)25(22,23)13-14-5-12-24-18-14;/h5,12H,4,6-11,13H2,1-3H3,(H,16,17);1H. The van der Waals surface area contributed by atoms with E-state index in [1.807, 2.05) is 0 Å². The van der Waals surface area contributed by atoms with E-state index in [0.717, 1.165) is 25.6 Å². The number of rotatable bonds is 7. The quantitative estimate of drug-likeness (QED) is 0.326. The molecule has 2 rings (SSSR count). The first kappa shape index (κ1) is 23.1. The molecule has 0 saturated carbocycles. The van der Waals surface area contributed by atoms with E-state index in [1.54, 1.807) is 13.1 Å². The van der Waals surface area contributed by atoms with Gasteiger partial charge in [0.2, 0.25) is 10.0 Å². The van der Waals surface area contributed by atoms with Gasteiger partial charge in [-0.2, -0.15) is 4.31 Å². The van der Waals surface area contributed by atoms with E-state index in [0.29, 0.717) is 31.9 Å². The first-order chi connectivity index (χ1) is 12.0. The van der Waals surface area contributed by atoms with Crippen molar-refractivity contribution in [1.82, 2.24) is 24.6 Å². The largest absolute Gasteiger partial charge is 0.364 e. The summed E-state index contributed by atoms with van der Waals surface area (Å²) in [6.45, 7) is 6.97. The Morgan fingerprint density at radius 1 is 1.38 bits per heavy atom. The van der Waals surface area contributed by atoms with Crippen LogP contribution >= 0.6 is 24.0 Å². The lowest BCUT2D eigenvalue weighted by Crippen LogP contribution is -2.54. The number of hydrogen-bond acceptors (Lipinski definition) is 6. The number of sulfonamides is 1. The summed E-state index contributed by atoms with van der Waals surface area (Å²) >= 11 is 0. The SMILES string of the molecule is CCN(C)CCNC(=NC)N1CCN(S(=O)(=O)Cc2ccon2)CC1.I. The van der Waals surface area contributed by atoms with Crippen molar-refractivity contribution in [2.24, 2.45) is 4.99 Å². The van der Waals surface area contributed by atoms with E-state index < -0.39 is 10.0 Å². The van der Waals surface area contributed by atoms with E-state index >= 15 is 0 Å². The van der Waals surface area contributed by atoms with Gasteiger partial charge in [0.15, 0.2) is 5.96 Å². The number of halogens is 1. The molecule has 9 nitrogen and oxygen atoms in total. The van der Waals surface area contributed by atoms with Crippen molar-refractivity contribution >= 4 is 40.0 Å². The molecule has 0 spiro atoms. The number of aromatic nitrogens is 1. The van der Waals surface area contributed by atoms with Gasteiger partial charge in [-0.1, -0.05) is 12.1 Å². The van der Waals surface area contributed by atoms with Crippen LogP contribution in [-0.2, 0) is 15.8 Å². The second-order valence-electron chi connectivity index (χ2n) is 6.00. The number of piperazine rings is 1. The molecule has 1 N–H and O–H groups in total. The zero-order valence-electron chi connectivity index (χ0n) is 15.6. The van der Waals surface area contributed by atoms with Crippen LogP contribution in [0.25, 0.3) is 0 Å². The van der Waals surface area contributed by atoms with E-state index in [1.165, 1.54) is 10.6 Å². The molecule has 0 bridgehead atoms. The summed E-state index contributed by atoms with van der Waals surface area (Å²) in [5.74, 6) is 0.692. The van der Waals surface area contributed by atoms with Gasteiger partial charge in [0, 0.05) is 52.4 Å². The summed E-state index contributed by atoms with van der Waals surface area (Å²) in [4.78, 5) is 8.61. The molecule has 1 aliphatic rings. The highest BCUT2D eigenvalue weighted by molar-refractivity contribution is 14.0. The van der Waals surface area contributed by atoms with Gasteiger partial charge in [-0.3, -0.25) is 4.99 Å². The smallest absolute Gasteiger partial charge is 0.220 e. The normalized spacial score (nSPS) is 16.6. The average Bonchev–Trinajstić information content (AvgIpc) is 3.11. The second kappa shape index (κ2) is 11.0. The summed E-state index contributed by atoms with van der Waals surface area (Å²) in [7, 11) is 0.445. The predicted octanol–water partition coefficient (Wildman–Crippen LogP) is 0.267. The van der Waals surface area contributed by atoms with Crippen LogP contribution in [0.1, 0.15) is 12.6 Å². The van der Waals surface area contributed by atoms with Crippen LogP contribution in [0.5, 0.6) is 0 Å². The third-order valence-electron chi connectivity index (χ3n) is 4.28. The molecule has 0 amide bonds. The predicted molar refractivity (Wildman–Crippen MR) is 112 cm³/mol. The highest BCUT2D eigenvalue weighted by Gasteiger charge is 2.28. The molecule has 150 valence electrons. The number of nitrogens with one attached hydrogen (secondary N) is 1. The Morgan fingerprint density at radius 3 is 2.62 bits per heavy atom. The molecular weight excluding hydrogens is 471 g/mol. The lowest BCUT2D eigenvalue weighted by atomic mass is 10.4. The van der Waals surface area contributed by atoms with Gasteiger partial charge in [-0.15, -0.1) is 24.0 Å². The van der Waals surface area contributed by atoms with Crippen molar-refractivity contribution in [3.8, 4) is 0 Å². The molecular formula is C15H29IN6O3S. The molecule has 1 aromatic heterocycles. The highest BCUT2D eigenvalue weighted by Crippen LogP contribution is 2.12. The van der Waals surface area contributed by atoms with Gasteiger partial charge in [0.1, 0.15) is 12.0 Å². The fraction of sp³-hybridized carbons (Fsp3) is 0.733. The topological polar surface area (TPSA) is 94.3 Å². The Labute approximate surface area is 172 Å². The van der Waals surface area contributed by atoms with E-state index in [2.05, 4.69) is 39.2 Å². The zero-order chi connectivity index (χ0) is 18.3. The van der Waals surface area contributed by atoms with Crippen LogP contribution in [0.15, 0.2) is 21.8 Å². The summed E-state index contributed by atoms with van der Waals surface area (Å²) in [6, 6.07) is 1.58. The maximum atomic E-state index is 12.5. The summed E-state index contributed by atoms with van der Waals surface area (Å²) in [6.07, 6.45) is 1.38. The van der Waals surface area contributed by atoms with E-state index in [-0.39, 0.29) is 29.7 Å². The summed E-state index contributed by atoms with van der Waals surface area (Å²) in [5.41, 5.74) is 0.431. The van der Waals surface area contributed by atoms with Crippen molar-refractivity contribution in [2.75, 3.05) is 59.9 Å². The number of hydrogen-bond donors (Lipinski definition) is 1. The van der Waals surface area contributed by atoms with Crippen molar-refractivity contribution < 1.29 is 12.9 Å². The van der Waals surface area contributed by atoms with Crippen LogP contribution < -0.4 is 5.32 Å². The second-order valence-corrected chi connectivity index (χ2v) is 7.97. The van der Waals surface area contributed by atoms with Crippen molar-refractivity contribution in [3.63, 3.8) is 0 Å². The van der Waals surface area contributed by atoms with Gasteiger partial charge >= 0.3 is 0 Å². The minimum absolute atomic E-state index is 0. The minimum atomic E-state index is -3.38. The third kappa shape index (κ3) is 6.67. The van der Waals surface area contributed by atoms with Crippen molar-refractivity contribution in [3.05, 3.63) is 18.0 Å². The Bertz CT molecular complexity index is 644. The molecule has 0 unspecified atom stereocenters. The van der Waals surface area contributed by atoms with Gasteiger partial charge in [0.25, 0.3) is 0 Å². The Balaban J connectivity index is 0.00000338. The fourth-order valence-corrected chi connectivity index (χ4v) is 4.04. The lowest BCUT2D eigenvalue weighted by molar-refractivity contribution is 0.258. The molecule has 1 aliphatic heterocycles. The first-order valence-corrected chi connectivity index (χ1v) is 10.1. The highest BCUT2D eigenvalue weighted by atomic mass is 127. The third-order valence-corrected chi connectivity index (χ3v) is 6.09. The maximum absolute atomic E-state index is 12.5. The molecule has 26 heavy (non-hydrogen) atoms. The van der Waals surface area contributed by atoms with Crippen LogP contribution in [-0.4, -0.2) is 93.5 Å². The van der Waals surface area contributed by atoms with Crippen molar-refractivity contribution in [1.29, 1.82) is 0 Å². The maximum Gasteiger partial charge on any atom is 0.220 e. The van der Waals surface area contributed by atoms with Crippen LogP contribution in [0.3, 0.4) is 0 Å². The van der Waals surface area contributed by atoms with Crippen LogP contribution in [0.4, 0.5) is 0 Å². The molecule has 0 aliphatic carbocycles. The van der Waals surface area contributed by atoms with E-state index in [9.17, 15) is 8.42 Å². The molecule has 1 aromatic rings. The molecule has 1 fully saturated rings. The monoisotopic (exact) mass is 500 g/mol. The molecule has 11 heteroatoms. The molecule has 1 saturated heterocycles. The lowest BCUT2D eigenvalue weighted by Gasteiger charge is -2.35. The first-order valence-electron chi connectivity index (χ1n) is 8.47. The van der Waals surface area contributed by atoms with Gasteiger partial charge in [-0.05, 0) is 13.6 Å². The summed E-state index contributed by atoms with van der Waals surface area (Å²) < 4.78 is 31.1. The summed E-state index contributed by atoms with van der Waals surface area (Å²) in [5, 5.41) is 7.02. The number of nitrogens with zero attached hydrogens (tertiary/aromatic N) is 5. The Morgan fingerprint density at radius 2 is 2.08 bits per heavy atom. The molecule has 2 heterocycles. The molecule has 0 atom stereocenters. The number of aliphatic imine (C=N–C) groups is 1. The zero-order valence-corrected chi connectivity index (χ0v) is 18.7. The van der Waals surface area contributed by atoms with Gasteiger partial charge in [-0.25, -0.2) is 8.42 Å². The number of guanidine groups is 1. The van der Waals surface area contributed by atoms with Crippen LogP contribution in [0.2, 0.25) is 0 Å².